The number of pyridine rings is 1. The molecule has 0 amide bonds. The number of aromatic nitrogens is 3. The van der Waals surface area contributed by atoms with Gasteiger partial charge in [-0.1, -0.05) is 0 Å². The van der Waals surface area contributed by atoms with Gasteiger partial charge in [0.2, 0.25) is 0 Å². The Morgan fingerprint density at radius 2 is 2.13 bits per heavy atom. The molecular formula is C28H32F3N5O2S. The number of benzene rings is 1. The molecule has 1 aliphatic carbocycles. The van der Waals surface area contributed by atoms with E-state index in [2.05, 4.69) is 31.5 Å². The standard InChI is InChI=1S/C28H32F3N5O2S/c1-16-8-17-2-5-25(23(17)12-32-16)39-26-14-36(20-6-7-38-15-20)13-18(26)9-21(37)11-33-27-22-10-19(28(29,30)31)3-4-24(22)34-35-27/h3-4,8,10,12,18,20,25-26H,2,5-7,9,11,13-15H2,1H3,(H2,33,34,35)/t18?,20?,25?,26-/m0/s1. The number of alkyl halides is 3. The summed E-state index contributed by atoms with van der Waals surface area (Å²) in [7, 11) is 0. The minimum absolute atomic E-state index is 0.0199. The molecular weight excluding hydrogens is 527 g/mol. The quantitative estimate of drug-likeness (QED) is 0.394. The Kier molecular flexibility index (Phi) is 7.32. The lowest BCUT2D eigenvalue weighted by molar-refractivity contribution is -0.137. The lowest BCUT2D eigenvalue weighted by Gasteiger charge is -2.23. The van der Waals surface area contributed by atoms with Crippen molar-refractivity contribution >= 4 is 34.3 Å². The van der Waals surface area contributed by atoms with Crippen molar-refractivity contribution in [2.45, 2.75) is 55.3 Å². The van der Waals surface area contributed by atoms with Gasteiger partial charge in [0.05, 0.1) is 24.2 Å². The van der Waals surface area contributed by atoms with Crippen molar-refractivity contribution in [2.24, 2.45) is 5.92 Å². The predicted molar refractivity (Wildman–Crippen MR) is 145 cm³/mol. The number of fused-ring (bicyclic) bond motifs is 2. The first-order valence-electron chi connectivity index (χ1n) is 13.5. The van der Waals surface area contributed by atoms with Crippen LogP contribution in [0.1, 0.15) is 46.9 Å². The summed E-state index contributed by atoms with van der Waals surface area (Å²) in [6, 6.07) is 6.03. The third-order valence-electron chi connectivity index (χ3n) is 8.19. The van der Waals surface area contributed by atoms with Gasteiger partial charge in [0.25, 0.3) is 0 Å². The summed E-state index contributed by atoms with van der Waals surface area (Å²) >= 11 is 1.98. The zero-order valence-corrected chi connectivity index (χ0v) is 22.6. The summed E-state index contributed by atoms with van der Waals surface area (Å²) < 4.78 is 45.2. The number of aromatic amines is 1. The number of carbonyl (C=O) groups excluding carboxylic acids is 1. The number of ether oxygens (including phenoxy) is 1. The molecule has 11 heteroatoms. The number of hydrogen-bond donors (Lipinski definition) is 2. The van der Waals surface area contributed by atoms with E-state index in [9.17, 15) is 18.0 Å². The molecule has 0 radical (unpaired) electrons. The number of thioether (sulfide) groups is 1. The Balaban J connectivity index is 1.13. The van der Waals surface area contributed by atoms with Crippen LogP contribution in [0.5, 0.6) is 0 Å². The van der Waals surface area contributed by atoms with Crippen molar-refractivity contribution in [3.63, 3.8) is 0 Å². The molecule has 3 aromatic rings. The van der Waals surface area contributed by atoms with Crippen molar-refractivity contribution in [3.05, 3.63) is 52.8 Å². The van der Waals surface area contributed by atoms with Gasteiger partial charge in [-0.25, -0.2) is 0 Å². The summed E-state index contributed by atoms with van der Waals surface area (Å²) in [5.74, 6) is 0.486. The number of carbonyl (C=O) groups is 1. The van der Waals surface area contributed by atoms with Crippen molar-refractivity contribution < 1.29 is 22.7 Å². The van der Waals surface area contributed by atoms with Gasteiger partial charge >= 0.3 is 6.18 Å². The Labute approximate surface area is 229 Å². The van der Waals surface area contributed by atoms with Gasteiger partial charge in [-0.05, 0) is 67.5 Å². The first kappa shape index (κ1) is 26.6. The summed E-state index contributed by atoms with van der Waals surface area (Å²) in [6.07, 6.45) is 1.15. The number of nitrogens with one attached hydrogen (secondary N) is 2. The molecule has 2 aliphatic heterocycles. The number of H-pyrrole nitrogens is 1. The molecule has 2 saturated heterocycles. The van der Waals surface area contributed by atoms with Gasteiger partial charge in [0, 0.05) is 59.9 Å². The van der Waals surface area contributed by atoms with E-state index in [4.69, 9.17) is 4.74 Å². The molecule has 4 atom stereocenters. The molecule has 1 aromatic carbocycles. The van der Waals surface area contributed by atoms with Crippen LogP contribution in [-0.4, -0.2) is 70.0 Å². The number of likely N-dealkylation sites (tertiary alicyclic amines) is 1. The fraction of sp³-hybridized carbons (Fsp3) is 0.536. The molecule has 6 rings (SSSR count). The highest BCUT2D eigenvalue weighted by molar-refractivity contribution is 8.00. The molecule has 0 saturated carbocycles. The second kappa shape index (κ2) is 10.7. The lowest BCUT2D eigenvalue weighted by atomic mass is 10.0. The van der Waals surface area contributed by atoms with Crippen molar-refractivity contribution in [1.29, 1.82) is 0 Å². The smallest absolute Gasteiger partial charge is 0.380 e. The van der Waals surface area contributed by atoms with Gasteiger partial charge in [-0.3, -0.25) is 19.8 Å². The van der Waals surface area contributed by atoms with Crippen LogP contribution < -0.4 is 5.32 Å². The van der Waals surface area contributed by atoms with E-state index in [0.717, 1.165) is 63.4 Å². The topological polar surface area (TPSA) is 83.1 Å². The molecule has 2 aromatic heterocycles. The minimum Gasteiger partial charge on any atom is -0.380 e. The number of anilines is 1. The van der Waals surface area contributed by atoms with Crippen molar-refractivity contribution in [3.8, 4) is 0 Å². The molecule has 7 nitrogen and oxygen atoms in total. The molecule has 2 fully saturated rings. The lowest BCUT2D eigenvalue weighted by Crippen LogP contribution is -2.34. The molecule has 39 heavy (non-hydrogen) atoms. The van der Waals surface area contributed by atoms with Gasteiger partial charge in [0.15, 0.2) is 11.6 Å². The summed E-state index contributed by atoms with van der Waals surface area (Å²) in [5.41, 5.74) is 3.50. The number of nitrogens with zero attached hydrogens (tertiary/aromatic N) is 3. The molecule has 0 spiro atoms. The summed E-state index contributed by atoms with van der Waals surface area (Å²) in [5, 5.41) is 10.9. The summed E-state index contributed by atoms with van der Waals surface area (Å²) in [4.78, 5) is 20.2. The van der Waals surface area contributed by atoms with Crippen LogP contribution >= 0.6 is 11.8 Å². The number of hydrogen-bond acceptors (Lipinski definition) is 7. The van der Waals surface area contributed by atoms with Gasteiger partial charge in [0.1, 0.15) is 0 Å². The second-order valence-electron chi connectivity index (χ2n) is 10.9. The Bertz CT molecular complexity index is 1360. The maximum Gasteiger partial charge on any atom is 0.416 e. The van der Waals surface area contributed by atoms with Crippen LogP contribution in [0.3, 0.4) is 0 Å². The van der Waals surface area contributed by atoms with Crippen LogP contribution in [0.25, 0.3) is 10.9 Å². The first-order chi connectivity index (χ1) is 18.7. The maximum atomic E-state index is 13.2. The van der Waals surface area contributed by atoms with Crippen LogP contribution in [0.2, 0.25) is 0 Å². The van der Waals surface area contributed by atoms with E-state index in [0.29, 0.717) is 33.9 Å². The van der Waals surface area contributed by atoms with Gasteiger partial charge < -0.3 is 10.1 Å². The number of ketones is 1. The van der Waals surface area contributed by atoms with Gasteiger partial charge in [-0.15, -0.1) is 11.8 Å². The fourth-order valence-corrected chi connectivity index (χ4v) is 7.85. The second-order valence-corrected chi connectivity index (χ2v) is 12.3. The normalized spacial score (nSPS) is 25.4. The molecule has 208 valence electrons. The van der Waals surface area contributed by atoms with E-state index in [1.807, 2.05) is 24.9 Å². The third kappa shape index (κ3) is 5.67. The highest BCUT2D eigenvalue weighted by Gasteiger charge is 2.40. The highest BCUT2D eigenvalue weighted by Crippen LogP contribution is 2.47. The maximum absolute atomic E-state index is 13.2. The first-order valence-corrected chi connectivity index (χ1v) is 14.4. The molecule has 3 unspecified atom stereocenters. The van der Waals surface area contributed by atoms with Crippen LogP contribution in [0, 0.1) is 12.8 Å². The SMILES string of the molecule is Cc1cc2c(cn1)C(S[C@H]1CN(C3CCOC3)CC1CC(=O)CNc1n[nH]c3ccc(C(F)(F)F)cc13)CC2. The third-order valence-corrected chi connectivity index (χ3v) is 9.89. The van der Waals surface area contributed by atoms with Crippen LogP contribution in [-0.2, 0) is 22.1 Å². The van der Waals surface area contributed by atoms with E-state index in [1.54, 1.807) is 0 Å². The number of Topliss-reactive ketones (excluding diaryl/α,β-unsaturated/α-hetero) is 1. The Hall–Kier alpha value is -2.63. The van der Waals surface area contributed by atoms with E-state index in [1.165, 1.54) is 17.2 Å². The van der Waals surface area contributed by atoms with Crippen LogP contribution in [0.15, 0.2) is 30.5 Å². The molecule has 3 aliphatic rings. The number of halogens is 3. The average molecular weight is 560 g/mol. The van der Waals surface area contributed by atoms with E-state index in [-0.39, 0.29) is 24.1 Å². The minimum atomic E-state index is -4.45. The van der Waals surface area contributed by atoms with Crippen molar-refractivity contribution in [1.82, 2.24) is 20.1 Å². The number of rotatable bonds is 8. The zero-order valence-electron chi connectivity index (χ0n) is 21.8. The zero-order chi connectivity index (χ0) is 27.1. The van der Waals surface area contributed by atoms with E-state index < -0.39 is 11.7 Å². The predicted octanol–water partition coefficient (Wildman–Crippen LogP) is 5.17. The Morgan fingerprint density at radius 3 is 2.92 bits per heavy atom. The van der Waals surface area contributed by atoms with Crippen molar-refractivity contribution in [2.75, 3.05) is 38.2 Å². The Morgan fingerprint density at radius 1 is 1.26 bits per heavy atom. The fourth-order valence-electron chi connectivity index (χ4n) is 6.13. The molecule has 4 heterocycles. The number of aryl methyl sites for hydroxylation is 2. The molecule has 2 N–H and O–H groups in total. The largest absolute Gasteiger partial charge is 0.416 e. The van der Waals surface area contributed by atoms with Crippen LogP contribution in [0.4, 0.5) is 19.0 Å². The molecule has 0 bridgehead atoms. The van der Waals surface area contributed by atoms with Gasteiger partial charge in [-0.2, -0.15) is 18.3 Å². The average Bonchev–Trinajstić information content (AvgIpc) is 3.69. The van der Waals surface area contributed by atoms with E-state index >= 15 is 0 Å². The highest BCUT2D eigenvalue weighted by atomic mass is 32.2. The monoisotopic (exact) mass is 559 g/mol. The summed E-state index contributed by atoms with van der Waals surface area (Å²) in [6.45, 7) is 5.34.